The highest BCUT2D eigenvalue weighted by Gasteiger charge is 2.80. The molecule has 1 aromatic heterocycles. The summed E-state index contributed by atoms with van der Waals surface area (Å²) in [6.45, 7) is 8.62. The fourth-order valence-corrected chi connectivity index (χ4v) is 13.5. The van der Waals surface area contributed by atoms with Crippen LogP contribution in [0.2, 0.25) is 0 Å². The van der Waals surface area contributed by atoms with E-state index in [0.29, 0.717) is 82.6 Å². The maximum Gasteiger partial charge on any atom is 0.344 e. The van der Waals surface area contributed by atoms with E-state index in [9.17, 15) is 19.8 Å². The van der Waals surface area contributed by atoms with Gasteiger partial charge in [-0.05, 0) is 74.2 Å². The Morgan fingerprint density at radius 2 is 1.71 bits per heavy atom. The molecule has 0 radical (unpaired) electrons. The third kappa shape index (κ3) is 5.20. The van der Waals surface area contributed by atoms with E-state index in [4.69, 9.17) is 18.9 Å². The number of nitrogens with one attached hydrogen (secondary N) is 1. The van der Waals surface area contributed by atoms with Crippen molar-refractivity contribution >= 4 is 34.5 Å². The van der Waals surface area contributed by atoms with Gasteiger partial charge in [0, 0.05) is 90.9 Å². The van der Waals surface area contributed by atoms with Crippen LogP contribution in [0.5, 0.6) is 5.75 Å². The van der Waals surface area contributed by atoms with Gasteiger partial charge >= 0.3 is 17.9 Å². The van der Waals surface area contributed by atoms with Gasteiger partial charge in [-0.25, -0.2) is 4.79 Å². The number of likely N-dealkylation sites (N-methyl/N-ethyl adjacent to an activating group) is 1. The van der Waals surface area contributed by atoms with Crippen molar-refractivity contribution in [3.05, 3.63) is 70.9 Å². The van der Waals surface area contributed by atoms with Crippen LogP contribution in [-0.4, -0.2) is 133 Å². The largest absolute Gasteiger partial charge is 0.496 e. The van der Waals surface area contributed by atoms with E-state index >= 15 is 4.79 Å². The number of para-hydroxylation sites is 1. The first-order chi connectivity index (χ1) is 28.2. The molecule has 2 aromatic carbocycles. The summed E-state index contributed by atoms with van der Waals surface area (Å²) in [5.74, 6) is -1.56. The van der Waals surface area contributed by atoms with Crippen LogP contribution in [0.3, 0.4) is 0 Å². The van der Waals surface area contributed by atoms with E-state index in [1.54, 1.807) is 7.11 Å². The number of hydrogen-bond donors (Lipinski definition) is 3. The number of anilines is 1. The number of aromatic nitrogens is 1. The minimum absolute atomic E-state index is 0.0986. The van der Waals surface area contributed by atoms with Crippen molar-refractivity contribution in [2.24, 2.45) is 11.3 Å². The Balaban J connectivity index is 1.36. The maximum atomic E-state index is 15.3. The Hall–Kier alpha value is -4.43. The van der Waals surface area contributed by atoms with Crippen molar-refractivity contribution < 1.29 is 43.5 Å². The van der Waals surface area contributed by atoms with Crippen molar-refractivity contribution in [3.63, 3.8) is 0 Å². The molecule has 1 spiro atoms. The Morgan fingerprint density at radius 1 is 0.949 bits per heavy atom. The molecule has 3 N–H and O–H groups in total. The molecule has 3 fully saturated rings. The summed E-state index contributed by atoms with van der Waals surface area (Å²) in [4.78, 5) is 53.2. The second-order valence-corrected chi connectivity index (χ2v) is 18.2. The minimum Gasteiger partial charge on any atom is -0.496 e. The quantitative estimate of drug-likeness (QED) is 0.180. The maximum absolute atomic E-state index is 15.3. The van der Waals surface area contributed by atoms with Crippen molar-refractivity contribution in [1.82, 2.24) is 14.8 Å². The highest BCUT2D eigenvalue weighted by Crippen LogP contribution is 2.68. The van der Waals surface area contributed by atoms with Gasteiger partial charge in [-0.2, -0.15) is 0 Å². The Morgan fingerprint density at radius 3 is 2.41 bits per heavy atom. The molecule has 2 saturated heterocycles. The first kappa shape index (κ1) is 40.0. The molecule has 6 heterocycles. The number of carbonyl (C=O) groups excluding carboxylic acids is 3. The molecule has 5 aliphatic heterocycles. The lowest BCUT2D eigenvalue weighted by Gasteiger charge is -2.63. The molecule has 59 heavy (non-hydrogen) atoms. The number of fused-ring (bicyclic) bond motifs is 6. The van der Waals surface area contributed by atoms with Crippen LogP contribution in [0.25, 0.3) is 10.9 Å². The second-order valence-electron chi connectivity index (χ2n) is 18.2. The van der Waals surface area contributed by atoms with Gasteiger partial charge in [0.1, 0.15) is 11.2 Å². The van der Waals surface area contributed by atoms with Gasteiger partial charge in [0.05, 0.1) is 33.0 Å². The fraction of sp³-hybridized carbons (Fsp3) is 0.587. The van der Waals surface area contributed by atoms with Crippen LogP contribution in [-0.2, 0) is 45.8 Å². The summed E-state index contributed by atoms with van der Waals surface area (Å²) in [5, 5.41) is 26.3. The SMILES string of the molecule is CCC1(O)CC2CN(CCc3c([nH]c4ccccc34)C(C(=O)OC)(c3cc4c(cc3OC)N(C)[C@@H]3[C@](O)(C(=O)OC)[C@@H](OC(C)=O)[C@]5(CC)C=CCN6CC[C@@]43[C@H]65)C2)C1. The van der Waals surface area contributed by atoms with E-state index in [0.717, 1.165) is 33.4 Å². The predicted molar refractivity (Wildman–Crippen MR) is 220 cm³/mol. The van der Waals surface area contributed by atoms with Gasteiger partial charge in [-0.1, -0.05) is 44.2 Å². The number of piperidine rings is 1. The average molecular weight is 811 g/mol. The van der Waals surface area contributed by atoms with Crippen LogP contribution < -0.4 is 9.64 Å². The number of carbonyl (C=O) groups is 3. The molecule has 2 bridgehead atoms. The first-order valence-electron chi connectivity index (χ1n) is 21.2. The van der Waals surface area contributed by atoms with Gasteiger partial charge in [-0.15, -0.1) is 0 Å². The van der Waals surface area contributed by atoms with E-state index < -0.39 is 57.5 Å². The standard InChI is InChI=1S/C46H58N4O9/c1-8-42(54)23-28-24-45(40(52)57-6,36-30(15-19-49(25-28)26-42)29-13-10-11-14-33(29)47-36)32-21-31-34(22-35(32)56-5)48(4)38-44(31)17-20-50-18-12-16-43(9-2,37(44)50)39(59-27(3)51)46(38,55)41(53)58-7/h10-14,16,21-22,28,37-39,47,54-55H,8-9,15,17-20,23-26H2,1-7H3/t28?,37-,38+,39+,42?,43-,44+,45?,46-/m1/s1. The lowest BCUT2D eigenvalue weighted by Crippen LogP contribution is -2.81. The molecule has 3 aromatic rings. The smallest absolute Gasteiger partial charge is 0.344 e. The summed E-state index contributed by atoms with van der Waals surface area (Å²) in [5.41, 5.74) is -1.62. The normalized spacial score (nSPS) is 37.0. The topological polar surface area (TPSA) is 154 Å². The summed E-state index contributed by atoms with van der Waals surface area (Å²) >= 11 is 0. The molecule has 1 aliphatic carbocycles. The number of benzene rings is 2. The van der Waals surface area contributed by atoms with Gasteiger partial charge in [0.15, 0.2) is 6.10 Å². The van der Waals surface area contributed by atoms with Gasteiger partial charge in [0.2, 0.25) is 5.60 Å². The third-order valence-corrected chi connectivity index (χ3v) is 15.6. The number of aromatic amines is 1. The summed E-state index contributed by atoms with van der Waals surface area (Å²) in [6, 6.07) is 11.0. The van der Waals surface area contributed by atoms with Crippen molar-refractivity contribution in [2.45, 2.75) is 99.5 Å². The van der Waals surface area contributed by atoms with E-state index in [2.05, 4.69) is 39.1 Å². The molecular weight excluding hydrogens is 753 g/mol. The summed E-state index contributed by atoms with van der Waals surface area (Å²) < 4.78 is 23.9. The lowest BCUT2D eigenvalue weighted by molar-refractivity contribution is -0.228. The van der Waals surface area contributed by atoms with Crippen molar-refractivity contribution in [2.75, 3.05) is 66.0 Å². The molecule has 4 unspecified atom stereocenters. The van der Waals surface area contributed by atoms with Crippen molar-refractivity contribution in [3.8, 4) is 5.75 Å². The zero-order valence-corrected chi connectivity index (χ0v) is 35.3. The molecule has 9 rings (SSSR count). The number of rotatable bonds is 7. The van der Waals surface area contributed by atoms with Crippen molar-refractivity contribution in [1.29, 1.82) is 0 Å². The summed E-state index contributed by atoms with van der Waals surface area (Å²) in [6.07, 6.45) is 5.94. The second kappa shape index (κ2) is 13.8. The molecule has 6 aliphatic rings. The molecule has 10 atom stereocenters. The van der Waals surface area contributed by atoms with Crippen LogP contribution in [0.15, 0.2) is 48.6 Å². The Labute approximate surface area is 345 Å². The molecule has 1 saturated carbocycles. The van der Waals surface area contributed by atoms with E-state index in [-0.39, 0.29) is 12.0 Å². The van der Waals surface area contributed by atoms with E-state index in [1.807, 2.05) is 50.1 Å². The number of nitrogens with zero attached hydrogens (tertiary/aromatic N) is 3. The fourth-order valence-electron chi connectivity index (χ4n) is 13.5. The highest BCUT2D eigenvalue weighted by atomic mass is 16.6. The average Bonchev–Trinajstić information content (AvgIpc) is 3.90. The molecule has 13 heteroatoms. The highest BCUT2D eigenvalue weighted by molar-refractivity contribution is 5.95. The van der Waals surface area contributed by atoms with Crippen LogP contribution in [0.4, 0.5) is 5.69 Å². The van der Waals surface area contributed by atoms with Crippen LogP contribution in [0.1, 0.15) is 75.3 Å². The van der Waals surface area contributed by atoms with Crippen LogP contribution >= 0.6 is 0 Å². The number of H-pyrrole nitrogens is 1. The van der Waals surface area contributed by atoms with Crippen LogP contribution in [0, 0.1) is 11.3 Å². The number of hydrogen-bond acceptors (Lipinski definition) is 12. The van der Waals surface area contributed by atoms with E-state index in [1.165, 1.54) is 21.1 Å². The number of esters is 3. The number of aliphatic hydroxyl groups is 2. The molecule has 316 valence electrons. The molecular formula is C46H58N4O9. The van der Waals surface area contributed by atoms with Gasteiger partial charge in [0.25, 0.3) is 0 Å². The Kier molecular flexibility index (Phi) is 9.36. The number of methoxy groups -OCH3 is 3. The molecule has 0 amide bonds. The molecule has 13 nitrogen and oxygen atoms in total. The number of ether oxygens (including phenoxy) is 4. The zero-order valence-electron chi connectivity index (χ0n) is 35.3. The lowest BCUT2D eigenvalue weighted by atomic mass is 9.47. The predicted octanol–water partition coefficient (Wildman–Crippen LogP) is 3.99. The summed E-state index contributed by atoms with van der Waals surface area (Å²) in [7, 11) is 6.15. The Bertz CT molecular complexity index is 2260. The van der Waals surface area contributed by atoms with Gasteiger partial charge < -0.3 is 39.0 Å². The third-order valence-electron chi connectivity index (χ3n) is 15.6. The minimum atomic E-state index is -2.30. The monoisotopic (exact) mass is 810 g/mol. The van der Waals surface area contributed by atoms with Gasteiger partial charge in [-0.3, -0.25) is 19.4 Å². The zero-order chi connectivity index (χ0) is 41.9. The first-order valence-corrected chi connectivity index (χ1v) is 21.2.